The van der Waals surface area contributed by atoms with Gasteiger partial charge in [-0.15, -0.1) is 0 Å². The lowest BCUT2D eigenvalue weighted by Crippen LogP contribution is -2.36. The van der Waals surface area contributed by atoms with Crippen LogP contribution in [0.5, 0.6) is 5.75 Å². The molecule has 3 rings (SSSR count). The Bertz CT molecular complexity index is 415. The highest BCUT2D eigenvalue weighted by Gasteiger charge is 2.34. The largest absolute Gasteiger partial charge is 0.487 e. The van der Waals surface area contributed by atoms with Gasteiger partial charge in [0.1, 0.15) is 11.9 Å². The lowest BCUT2D eigenvalue weighted by atomic mass is 9.95. The van der Waals surface area contributed by atoms with Crippen LogP contribution in [0.2, 0.25) is 0 Å². The standard InChI is InChI=1S/C13H15BrO3/c14-8-3-4-11-9(6-8)10(15)7-13(17-11)12-2-1-5-16-12/h3-4,6,10,12-13,15H,1-2,5,7H2. The number of ether oxygens (including phenoxy) is 2. The quantitative estimate of drug-likeness (QED) is 0.866. The van der Waals surface area contributed by atoms with Crippen molar-refractivity contribution in [2.75, 3.05) is 6.61 Å². The van der Waals surface area contributed by atoms with E-state index in [2.05, 4.69) is 15.9 Å². The third-order valence-electron chi connectivity index (χ3n) is 3.44. The van der Waals surface area contributed by atoms with Crippen LogP contribution in [0.25, 0.3) is 0 Å². The molecule has 1 aromatic rings. The van der Waals surface area contributed by atoms with Gasteiger partial charge in [0.05, 0.1) is 12.2 Å². The molecule has 2 heterocycles. The van der Waals surface area contributed by atoms with Gasteiger partial charge in [-0.25, -0.2) is 0 Å². The van der Waals surface area contributed by atoms with Gasteiger partial charge in [-0.3, -0.25) is 0 Å². The molecule has 3 atom stereocenters. The van der Waals surface area contributed by atoms with Gasteiger partial charge >= 0.3 is 0 Å². The predicted octanol–water partition coefficient (Wildman–Crippen LogP) is 2.81. The van der Waals surface area contributed by atoms with Gasteiger partial charge in [-0.2, -0.15) is 0 Å². The number of fused-ring (bicyclic) bond motifs is 1. The molecule has 0 radical (unpaired) electrons. The molecule has 0 spiro atoms. The second-order valence-corrected chi connectivity index (χ2v) is 5.56. The summed E-state index contributed by atoms with van der Waals surface area (Å²) >= 11 is 3.41. The van der Waals surface area contributed by atoms with Gasteiger partial charge in [0, 0.05) is 23.1 Å². The molecule has 0 aromatic heterocycles. The SMILES string of the molecule is OC1CC(C2CCCO2)Oc2ccc(Br)cc21. The number of benzene rings is 1. The fraction of sp³-hybridized carbons (Fsp3) is 0.538. The maximum Gasteiger partial charge on any atom is 0.128 e. The summed E-state index contributed by atoms with van der Waals surface area (Å²) in [6, 6.07) is 5.76. The smallest absolute Gasteiger partial charge is 0.128 e. The fourth-order valence-corrected chi connectivity index (χ4v) is 2.95. The highest BCUT2D eigenvalue weighted by Crippen LogP contribution is 2.38. The maximum absolute atomic E-state index is 10.2. The van der Waals surface area contributed by atoms with Crippen molar-refractivity contribution in [3.8, 4) is 5.75 Å². The first-order chi connectivity index (χ1) is 8.24. The molecule has 3 nitrogen and oxygen atoms in total. The van der Waals surface area contributed by atoms with E-state index in [1.165, 1.54) is 0 Å². The minimum absolute atomic E-state index is 0.0128. The zero-order valence-corrected chi connectivity index (χ0v) is 11.0. The van der Waals surface area contributed by atoms with Crippen LogP contribution >= 0.6 is 15.9 Å². The van der Waals surface area contributed by atoms with Crippen molar-refractivity contribution < 1.29 is 14.6 Å². The van der Waals surface area contributed by atoms with Crippen LogP contribution < -0.4 is 4.74 Å². The number of aliphatic hydroxyl groups is 1. The van der Waals surface area contributed by atoms with Crippen LogP contribution in [-0.4, -0.2) is 23.9 Å². The van der Waals surface area contributed by atoms with Crippen molar-refractivity contribution >= 4 is 15.9 Å². The summed E-state index contributed by atoms with van der Waals surface area (Å²) in [4.78, 5) is 0. The number of hydrogen-bond donors (Lipinski definition) is 1. The molecule has 1 N–H and O–H groups in total. The third kappa shape index (κ3) is 2.21. The van der Waals surface area contributed by atoms with Crippen molar-refractivity contribution in [2.24, 2.45) is 0 Å². The van der Waals surface area contributed by atoms with E-state index in [9.17, 15) is 5.11 Å². The summed E-state index contributed by atoms with van der Waals surface area (Å²) in [5.41, 5.74) is 0.869. The van der Waals surface area contributed by atoms with Crippen LogP contribution in [0.4, 0.5) is 0 Å². The van der Waals surface area contributed by atoms with Crippen molar-refractivity contribution in [1.29, 1.82) is 0 Å². The zero-order chi connectivity index (χ0) is 11.8. The fourth-order valence-electron chi connectivity index (χ4n) is 2.57. The second-order valence-electron chi connectivity index (χ2n) is 4.64. The topological polar surface area (TPSA) is 38.7 Å². The van der Waals surface area contributed by atoms with Crippen molar-refractivity contribution in [3.05, 3.63) is 28.2 Å². The van der Waals surface area contributed by atoms with Crippen molar-refractivity contribution in [1.82, 2.24) is 0 Å². The van der Waals surface area contributed by atoms with Crippen LogP contribution in [0.1, 0.15) is 30.9 Å². The first kappa shape index (κ1) is 11.5. The van der Waals surface area contributed by atoms with Crippen LogP contribution in [0, 0.1) is 0 Å². The molecule has 1 fully saturated rings. The minimum Gasteiger partial charge on any atom is -0.487 e. The van der Waals surface area contributed by atoms with Crippen LogP contribution in [0.3, 0.4) is 0 Å². The molecule has 92 valence electrons. The summed E-state index contributed by atoms with van der Waals surface area (Å²) in [6.07, 6.45) is 2.42. The average molecular weight is 299 g/mol. The first-order valence-corrected chi connectivity index (χ1v) is 6.79. The molecule has 2 aliphatic rings. The Morgan fingerprint density at radius 2 is 2.18 bits per heavy atom. The number of hydrogen-bond acceptors (Lipinski definition) is 3. The Labute approximate surface area is 109 Å². The normalized spacial score (nSPS) is 32.0. The van der Waals surface area contributed by atoms with E-state index in [4.69, 9.17) is 9.47 Å². The molecule has 0 aliphatic carbocycles. The van der Waals surface area contributed by atoms with E-state index in [-0.39, 0.29) is 12.2 Å². The summed E-state index contributed by atoms with van der Waals surface area (Å²) in [5, 5.41) is 10.2. The van der Waals surface area contributed by atoms with E-state index in [1.807, 2.05) is 18.2 Å². The molecule has 0 saturated carbocycles. The van der Waals surface area contributed by atoms with E-state index >= 15 is 0 Å². The van der Waals surface area contributed by atoms with Gasteiger partial charge in [0.15, 0.2) is 0 Å². The zero-order valence-electron chi connectivity index (χ0n) is 9.43. The number of aliphatic hydroxyl groups excluding tert-OH is 1. The summed E-state index contributed by atoms with van der Waals surface area (Å²) in [5.74, 6) is 0.785. The van der Waals surface area contributed by atoms with Gasteiger partial charge in [-0.1, -0.05) is 15.9 Å². The third-order valence-corrected chi connectivity index (χ3v) is 3.94. The predicted molar refractivity (Wildman–Crippen MR) is 67.1 cm³/mol. The summed E-state index contributed by atoms with van der Waals surface area (Å²) in [6.45, 7) is 0.813. The Morgan fingerprint density at radius 1 is 1.29 bits per heavy atom. The maximum atomic E-state index is 10.2. The van der Waals surface area contributed by atoms with E-state index in [1.54, 1.807) is 0 Å². The molecule has 17 heavy (non-hydrogen) atoms. The summed E-state index contributed by atoms with van der Waals surface area (Å²) in [7, 11) is 0. The van der Waals surface area contributed by atoms with E-state index in [0.29, 0.717) is 6.42 Å². The Hall–Kier alpha value is -0.580. The van der Waals surface area contributed by atoms with E-state index in [0.717, 1.165) is 35.2 Å². The van der Waals surface area contributed by atoms with Gasteiger partial charge in [0.25, 0.3) is 0 Å². The molecule has 1 aromatic carbocycles. The molecule has 0 bridgehead atoms. The highest BCUT2D eigenvalue weighted by molar-refractivity contribution is 9.10. The van der Waals surface area contributed by atoms with Gasteiger partial charge < -0.3 is 14.6 Å². The molecule has 3 unspecified atom stereocenters. The van der Waals surface area contributed by atoms with E-state index < -0.39 is 6.10 Å². The molecule has 4 heteroatoms. The molecule has 2 aliphatic heterocycles. The van der Waals surface area contributed by atoms with Crippen molar-refractivity contribution in [2.45, 2.75) is 37.6 Å². The second kappa shape index (κ2) is 4.59. The van der Waals surface area contributed by atoms with Gasteiger partial charge in [0.2, 0.25) is 0 Å². The molecular formula is C13H15BrO3. The lowest BCUT2D eigenvalue weighted by molar-refractivity contribution is -0.0271. The van der Waals surface area contributed by atoms with Crippen molar-refractivity contribution in [3.63, 3.8) is 0 Å². The Kier molecular flexibility index (Phi) is 3.11. The van der Waals surface area contributed by atoms with Crippen LogP contribution in [0.15, 0.2) is 22.7 Å². The first-order valence-electron chi connectivity index (χ1n) is 6.00. The summed E-state index contributed by atoms with van der Waals surface area (Å²) < 4.78 is 12.5. The molecule has 1 saturated heterocycles. The molecule has 0 amide bonds. The lowest BCUT2D eigenvalue weighted by Gasteiger charge is -2.32. The monoisotopic (exact) mass is 298 g/mol. The number of rotatable bonds is 1. The molecular weight excluding hydrogens is 284 g/mol. The average Bonchev–Trinajstić information content (AvgIpc) is 2.83. The minimum atomic E-state index is -0.453. The Morgan fingerprint density at radius 3 is 2.94 bits per heavy atom. The Balaban J connectivity index is 1.84. The highest BCUT2D eigenvalue weighted by atomic mass is 79.9. The van der Waals surface area contributed by atoms with Crippen LogP contribution in [-0.2, 0) is 4.74 Å². The number of halogens is 1. The van der Waals surface area contributed by atoms with Gasteiger partial charge in [-0.05, 0) is 31.0 Å².